The number of fused-ring (bicyclic) bond motifs is 3. The molecule has 3 aromatic rings. The summed E-state index contributed by atoms with van der Waals surface area (Å²) < 4.78 is 11.9. The first kappa shape index (κ1) is 29.1. The molecule has 0 N–H and O–H groups in total. The molecule has 1 aromatic heterocycles. The van der Waals surface area contributed by atoms with Gasteiger partial charge in [-0.25, -0.2) is 4.79 Å². The number of carbonyl (C=O) groups is 1. The molecule has 2 aromatic carbocycles. The summed E-state index contributed by atoms with van der Waals surface area (Å²) in [5, 5.41) is 2.60. The third-order valence-corrected chi connectivity index (χ3v) is 10.2. The maximum atomic E-state index is 12.7. The second kappa shape index (κ2) is 12.1. The largest absolute Gasteiger partial charge is 0.462 e. The maximum Gasteiger partial charge on any atom is 0.409 e. The van der Waals surface area contributed by atoms with Crippen molar-refractivity contribution in [3.8, 4) is 6.01 Å². The van der Waals surface area contributed by atoms with Crippen LogP contribution in [0.4, 0.5) is 16.3 Å². The highest BCUT2D eigenvalue weighted by Gasteiger charge is 2.53. The van der Waals surface area contributed by atoms with Crippen LogP contribution < -0.4 is 14.5 Å². The van der Waals surface area contributed by atoms with E-state index in [1.54, 1.807) is 0 Å². The summed E-state index contributed by atoms with van der Waals surface area (Å²) in [5.74, 6) is 1.01. The SMILES string of the molecule is CCCCOC(=O)N1CCN(c2nc(OC[C@@H]3CCCN3C)nc3c2C2(CC2)CN(c2cccc4cccc(C)c24)C3)CC1. The first-order chi connectivity index (χ1) is 21.5. The summed E-state index contributed by atoms with van der Waals surface area (Å²) in [7, 11) is 2.17. The van der Waals surface area contributed by atoms with E-state index in [1.807, 2.05) is 4.90 Å². The zero-order valence-corrected chi connectivity index (χ0v) is 26.6. The molecule has 1 saturated carbocycles. The predicted octanol–water partition coefficient (Wildman–Crippen LogP) is 5.52. The molecule has 1 aliphatic carbocycles. The van der Waals surface area contributed by atoms with Gasteiger partial charge >= 0.3 is 12.1 Å². The number of benzene rings is 2. The Labute approximate surface area is 261 Å². The summed E-state index contributed by atoms with van der Waals surface area (Å²) in [4.78, 5) is 32.1. The molecule has 9 nitrogen and oxygen atoms in total. The van der Waals surface area contributed by atoms with Crippen molar-refractivity contribution in [2.75, 3.05) is 69.3 Å². The van der Waals surface area contributed by atoms with Crippen LogP contribution in [0.15, 0.2) is 36.4 Å². The normalized spacial score (nSPS) is 21.2. The topological polar surface area (TPSA) is 74.3 Å². The van der Waals surface area contributed by atoms with E-state index >= 15 is 0 Å². The number of amides is 1. The van der Waals surface area contributed by atoms with Gasteiger partial charge in [0.25, 0.3) is 0 Å². The number of likely N-dealkylation sites (N-methyl/N-ethyl adjacent to an activating group) is 1. The average Bonchev–Trinajstić information content (AvgIpc) is 3.68. The molecule has 4 heterocycles. The zero-order chi connectivity index (χ0) is 30.3. The lowest BCUT2D eigenvalue weighted by atomic mass is 9.88. The van der Waals surface area contributed by atoms with E-state index < -0.39 is 0 Å². The van der Waals surface area contributed by atoms with Gasteiger partial charge < -0.3 is 29.1 Å². The molecule has 234 valence electrons. The van der Waals surface area contributed by atoms with E-state index in [0.29, 0.717) is 38.4 Å². The smallest absolute Gasteiger partial charge is 0.409 e. The fourth-order valence-corrected chi connectivity index (χ4v) is 7.46. The van der Waals surface area contributed by atoms with E-state index in [2.05, 4.69) is 72.0 Å². The molecule has 4 aliphatic rings. The highest BCUT2D eigenvalue weighted by molar-refractivity contribution is 5.97. The van der Waals surface area contributed by atoms with E-state index in [-0.39, 0.29) is 11.5 Å². The molecule has 9 heteroatoms. The first-order valence-electron chi connectivity index (χ1n) is 16.6. The number of piperazine rings is 1. The Hall–Kier alpha value is -3.59. The number of hydrogen-bond acceptors (Lipinski definition) is 8. The third kappa shape index (κ3) is 5.55. The molecule has 44 heavy (non-hydrogen) atoms. The van der Waals surface area contributed by atoms with Crippen LogP contribution in [-0.4, -0.2) is 91.4 Å². The summed E-state index contributed by atoms with van der Waals surface area (Å²) in [5.41, 5.74) is 5.00. The molecular weight excluding hydrogens is 552 g/mol. The minimum atomic E-state index is -0.202. The zero-order valence-electron chi connectivity index (χ0n) is 26.6. The Morgan fingerprint density at radius 3 is 2.55 bits per heavy atom. The van der Waals surface area contributed by atoms with Crippen LogP contribution in [-0.2, 0) is 16.7 Å². The van der Waals surface area contributed by atoms with Crippen molar-refractivity contribution >= 4 is 28.4 Å². The fourth-order valence-electron chi connectivity index (χ4n) is 7.46. The second-order valence-electron chi connectivity index (χ2n) is 13.3. The van der Waals surface area contributed by atoms with Gasteiger partial charge in [-0.05, 0) is 69.6 Å². The van der Waals surface area contributed by atoms with Crippen molar-refractivity contribution in [3.05, 3.63) is 53.2 Å². The maximum absolute atomic E-state index is 12.7. The molecule has 1 spiro atoms. The van der Waals surface area contributed by atoms with Crippen molar-refractivity contribution in [1.82, 2.24) is 19.8 Å². The molecule has 0 radical (unpaired) electrons. The van der Waals surface area contributed by atoms with Crippen LogP contribution in [0.25, 0.3) is 10.8 Å². The Balaban J connectivity index is 1.20. The second-order valence-corrected chi connectivity index (χ2v) is 13.3. The Bertz CT molecular complexity index is 1510. The Morgan fingerprint density at radius 2 is 1.82 bits per heavy atom. The third-order valence-electron chi connectivity index (χ3n) is 10.2. The molecule has 2 saturated heterocycles. The van der Waals surface area contributed by atoms with E-state index in [9.17, 15) is 4.79 Å². The predicted molar refractivity (Wildman–Crippen MR) is 174 cm³/mol. The van der Waals surface area contributed by atoms with Gasteiger partial charge in [0.05, 0.1) is 18.8 Å². The lowest BCUT2D eigenvalue weighted by molar-refractivity contribution is 0.0988. The van der Waals surface area contributed by atoms with Crippen molar-refractivity contribution in [1.29, 1.82) is 0 Å². The molecule has 1 atom stereocenters. The number of aryl methyl sites for hydroxylation is 1. The van der Waals surface area contributed by atoms with Gasteiger partial charge in [-0.15, -0.1) is 0 Å². The molecule has 7 rings (SSSR count). The average molecular weight is 599 g/mol. The van der Waals surface area contributed by atoms with Crippen LogP contribution in [0, 0.1) is 6.92 Å². The lowest BCUT2D eigenvalue weighted by Gasteiger charge is -2.41. The van der Waals surface area contributed by atoms with Crippen molar-refractivity contribution in [2.45, 2.75) is 70.4 Å². The number of hydrogen-bond donors (Lipinski definition) is 0. The summed E-state index contributed by atoms with van der Waals surface area (Å²) in [6, 6.07) is 14.1. The first-order valence-corrected chi connectivity index (χ1v) is 16.6. The van der Waals surface area contributed by atoms with Gasteiger partial charge in [0.2, 0.25) is 0 Å². The molecule has 1 amide bonds. The number of aromatic nitrogens is 2. The number of nitrogens with zero attached hydrogens (tertiary/aromatic N) is 6. The highest BCUT2D eigenvalue weighted by atomic mass is 16.6. The van der Waals surface area contributed by atoms with Crippen molar-refractivity contribution in [3.63, 3.8) is 0 Å². The molecule has 0 unspecified atom stereocenters. The number of ether oxygens (including phenoxy) is 2. The van der Waals surface area contributed by atoms with E-state index in [1.165, 1.54) is 34.0 Å². The summed E-state index contributed by atoms with van der Waals surface area (Å²) in [6.45, 7) is 10.9. The number of carbonyl (C=O) groups excluding carboxylic acids is 1. The molecule has 0 bridgehead atoms. The summed E-state index contributed by atoms with van der Waals surface area (Å²) in [6.07, 6.45) is 6.32. The fraction of sp³-hybridized carbons (Fsp3) is 0.571. The Morgan fingerprint density at radius 1 is 1.02 bits per heavy atom. The van der Waals surface area contributed by atoms with E-state index in [4.69, 9.17) is 19.4 Å². The number of anilines is 2. The molecular formula is C35H46N6O3. The van der Waals surface area contributed by atoms with Gasteiger partial charge in [0, 0.05) is 60.8 Å². The van der Waals surface area contributed by atoms with Gasteiger partial charge in [0.1, 0.15) is 12.4 Å². The monoisotopic (exact) mass is 598 g/mol. The lowest BCUT2D eigenvalue weighted by Crippen LogP contribution is -2.50. The van der Waals surface area contributed by atoms with Gasteiger partial charge in [-0.2, -0.15) is 9.97 Å². The number of likely N-dealkylation sites (tertiary alicyclic amines) is 1. The minimum Gasteiger partial charge on any atom is -0.462 e. The van der Waals surface area contributed by atoms with Gasteiger partial charge in [-0.3, -0.25) is 0 Å². The summed E-state index contributed by atoms with van der Waals surface area (Å²) >= 11 is 0. The number of unbranched alkanes of at least 4 members (excludes halogenated alkanes) is 1. The van der Waals surface area contributed by atoms with Crippen LogP contribution in [0.5, 0.6) is 6.01 Å². The number of rotatable bonds is 8. The van der Waals surface area contributed by atoms with E-state index in [0.717, 1.165) is 76.3 Å². The molecule has 3 aliphatic heterocycles. The van der Waals surface area contributed by atoms with Gasteiger partial charge in [0.15, 0.2) is 0 Å². The highest BCUT2D eigenvalue weighted by Crippen LogP contribution is 2.56. The minimum absolute atomic E-state index is 0.0359. The van der Waals surface area contributed by atoms with Crippen molar-refractivity contribution in [2.24, 2.45) is 0 Å². The van der Waals surface area contributed by atoms with Gasteiger partial charge in [-0.1, -0.05) is 43.7 Å². The van der Waals surface area contributed by atoms with Crippen LogP contribution in [0.2, 0.25) is 0 Å². The van der Waals surface area contributed by atoms with Crippen LogP contribution in [0.3, 0.4) is 0 Å². The molecule has 3 fully saturated rings. The van der Waals surface area contributed by atoms with Crippen LogP contribution >= 0.6 is 0 Å². The standard InChI is InChI=1S/C35H46N6O3/c1-4-5-21-43-34(42)40-19-17-39(18-20-40)32-31-28(36-33(37-32)44-23-27-12-8-16-38(27)3)22-41(24-35(31)14-15-35)29-13-7-11-26-10-6-9-25(2)30(26)29/h6-7,9-11,13,27H,4-5,8,12,14-24H2,1-3H3/t27-/m0/s1. The van der Waals surface area contributed by atoms with Crippen LogP contribution in [0.1, 0.15) is 62.3 Å². The quantitative estimate of drug-likeness (QED) is 0.314. The van der Waals surface area contributed by atoms with Crippen molar-refractivity contribution < 1.29 is 14.3 Å². The Kier molecular flexibility index (Phi) is 7.99.